The Labute approximate surface area is 78.8 Å². The van der Waals surface area contributed by atoms with Crippen LogP contribution in [-0.2, 0) is 6.54 Å². The maximum Gasteiger partial charge on any atom is 0.185 e. The predicted octanol–water partition coefficient (Wildman–Crippen LogP) is 2.33. The molecule has 0 aromatic carbocycles. The van der Waals surface area contributed by atoms with E-state index in [1.165, 1.54) is 11.3 Å². The Bertz CT molecular complexity index is 212. The minimum atomic E-state index is 0. The van der Waals surface area contributed by atoms with Crippen molar-refractivity contribution >= 4 is 46.9 Å². The predicted molar refractivity (Wildman–Crippen MR) is 47.3 cm³/mol. The number of hydrogen-bond acceptors (Lipinski definition) is 3. The zero-order chi connectivity index (χ0) is 6.85. The first-order chi connectivity index (χ1) is 4.24. The summed E-state index contributed by atoms with van der Waals surface area (Å²) >= 11 is 12.4. The van der Waals surface area contributed by atoms with Crippen molar-refractivity contribution in [3.05, 3.63) is 14.5 Å². The Morgan fingerprint density at radius 3 is 2.30 bits per heavy atom. The van der Waals surface area contributed by atoms with Crippen molar-refractivity contribution in [2.75, 3.05) is 0 Å². The lowest BCUT2D eigenvalue weighted by molar-refractivity contribution is 1.01. The average molecular weight is 220 g/mol. The molecule has 58 valence electrons. The molecule has 0 atom stereocenters. The fourth-order valence-corrected chi connectivity index (χ4v) is 1.77. The third-order valence-corrected chi connectivity index (χ3v) is 2.26. The largest absolute Gasteiger partial charge is 0.325 e. The van der Waals surface area contributed by atoms with E-state index in [1.54, 1.807) is 0 Å². The molecule has 2 N–H and O–H groups in total. The van der Waals surface area contributed by atoms with Crippen molar-refractivity contribution in [1.29, 1.82) is 0 Å². The van der Waals surface area contributed by atoms with Gasteiger partial charge < -0.3 is 5.73 Å². The molecular weight excluding hydrogens is 214 g/mol. The van der Waals surface area contributed by atoms with Crippen molar-refractivity contribution in [1.82, 2.24) is 4.98 Å². The minimum Gasteiger partial charge on any atom is -0.325 e. The van der Waals surface area contributed by atoms with Crippen LogP contribution in [0.4, 0.5) is 0 Å². The van der Waals surface area contributed by atoms with E-state index in [0.717, 1.165) is 0 Å². The zero-order valence-electron chi connectivity index (χ0n) is 4.80. The monoisotopic (exact) mass is 218 g/mol. The van der Waals surface area contributed by atoms with Gasteiger partial charge in [-0.3, -0.25) is 0 Å². The molecule has 1 aromatic heterocycles. The summed E-state index contributed by atoms with van der Waals surface area (Å²) in [4.78, 5) is 3.86. The summed E-state index contributed by atoms with van der Waals surface area (Å²) in [6, 6.07) is 0. The van der Waals surface area contributed by atoms with E-state index in [0.29, 0.717) is 21.0 Å². The van der Waals surface area contributed by atoms with Gasteiger partial charge in [0.15, 0.2) is 4.47 Å². The Kier molecular flexibility index (Phi) is 4.56. The third-order valence-electron chi connectivity index (χ3n) is 0.817. The summed E-state index contributed by atoms with van der Waals surface area (Å²) in [5.74, 6) is 0. The summed E-state index contributed by atoms with van der Waals surface area (Å²) in [5, 5.41) is 0. The van der Waals surface area contributed by atoms with Crippen LogP contribution in [0.5, 0.6) is 0 Å². The second kappa shape index (κ2) is 4.36. The Hall–Kier alpha value is 0.460. The molecule has 0 radical (unpaired) electrons. The quantitative estimate of drug-likeness (QED) is 0.787. The molecule has 1 heterocycles. The molecule has 6 heteroatoms. The second-order valence-corrected chi connectivity index (χ2v) is 3.57. The highest BCUT2D eigenvalue weighted by Crippen LogP contribution is 2.26. The highest BCUT2D eigenvalue weighted by molar-refractivity contribution is 7.19. The van der Waals surface area contributed by atoms with Gasteiger partial charge in [-0.05, 0) is 0 Å². The topological polar surface area (TPSA) is 38.9 Å². The van der Waals surface area contributed by atoms with Gasteiger partial charge in [-0.1, -0.05) is 34.5 Å². The molecule has 0 amide bonds. The fourth-order valence-electron chi connectivity index (χ4n) is 0.432. The molecule has 2 nitrogen and oxygen atoms in total. The van der Waals surface area contributed by atoms with E-state index in [4.69, 9.17) is 28.9 Å². The van der Waals surface area contributed by atoms with Gasteiger partial charge in [0.25, 0.3) is 0 Å². The molecule has 1 rings (SSSR count). The number of halogens is 3. The maximum absolute atomic E-state index is 5.64. The summed E-state index contributed by atoms with van der Waals surface area (Å²) in [5.41, 5.74) is 5.94. The van der Waals surface area contributed by atoms with Crippen LogP contribution < -0.4 is 5.73 Å². The van der Waals surface area contributed by atoms with E-state index >= 15 is 0 Å². The Balaban J connectivity index is 0.000000810. The summed E-state index contributed by atoms with van der Waals surface area (Å²) in [7, 11) is 0. The molecule has 0 spiro atoms. The molecule has 0 saturated carbocycles. The molecule has 0 unspecified atom stereocenters. The van der Waals surface area contributed by atoms with Crippen molar-refractivity contribution in [3.63, 3.8) is 0 Å². The molecule has 1 aromatic rings. The van der Waals surface area contributed by atoms with Crippen molar-refractivity contribution in [2.45, 2.75) is 6.54 Å². The number of thiazole rings is 1. The van der Waals surface area contributed by atoms with Gasteiger partial charge in [-0.2, -0.15) is 0 Å². The minimum absolute atomic E-state index is 0. The van der Waals surface area contributed by atoms with Gasteiger partial charge in [-0.25, -0.2) is 4.98 Å². The van der Waals surface area contributed by atoms with Gasteiger partial charge in [0, 0.05) is 6.54 Å². The van der Waals surface area contributed by atoms with Gasteiger partial charge in [-0.15, -0.1) is 12.4 Å². The Morgan fingerprint density at radius 1 is 1.50 bits per heavy atom. The van der Waals surface area contributed by atoms with E-state index in [1.807, 2.05) is 0 Å². The van der Waals surface area contributed by atoms with Gasteiger partial charge >= 0.3 is 0 Å². The molecule has 0 saturated heterocycles. The van der Waals surface area contributed by atoms with Crippen LogP contribution in [-0.4, -0.2) is 4.98 Å². The van der Waals surface area contributed by atoms with Crippen molar-refractivity contribution in [3.8, 4) is 0 Å². The lowest BCUT2D eigenvalue weighted by Crippen LogP contribution is -1.96. The van der Waals surface area contributed by atoms with Crippen LogP contribution in [0, 0.1) is 0 Å². The number of rotatable bonds is 1. The van der Waals surface area contributed by atoms with E-state index in [-0.39, 0.29) is 12.4 Å². The van der Waals surface area contributed by atoms with E-state index in [9.17, 15) is 0 Å². The number of aromatic nitrogens is 1. The van der Waals surface area contributed by atoms with Crippen molar-refractivity contribution in [2.24, 2.45) is 5.73 Å². The number of nitrogens with two attached hydrogens (primary N) is 1. The van der Waals surface area contributed by atoms with Gasteiger partial charge in [0.2, 0.25) is 0 Å². The Morgan fingerprint density at radius 2 is 2.10 bits per heavy atom. The zero-order valence-corrected chi connectivity index (χ0v) is 7.95. The van der Waals surface area contributed by atoms with E-state index < -0.39 is 0 Å². The highest BCUT2D eigenvalue weighted by atomic mass is 35.5. The molecule has 0 aliphatic heterocycles. The first kappa shape index (κ1) is 10.5. The SMILES string of the molecule is Cl.NCc1nc(Cl)sc1Cl. The number of hydrogen-bond donors (Lipinski definition) is 1. The average Bonchev–Trinajstić information content (AvgIpc) is 2.10. The standard InChI is InChI=1S/C4H4Cl2N2S.ClH/c5-3-2(1-7)8-4(6)9-3;/h1,7H2;1H. The second-order valence-electron chi connectivity index (χ2n) is 1.39. The van der Waals surface area contributed by atoms with Crippen LogP contribution in [0.3, 0.4) is 0 Å². The van der Waals surface area contributed by atoms with Gasteiger partial charge in [0.05, 0.1) is 5.69 Å². The molecular formula is C4H5Cl3N2S. The third kappa shape index (κ3) is 2.25. The summed E-state index contributed by atoms with van der Waals surface area (Å²) in [6.07, 6.45) is 0. The van der Waals surface area contributed by atoms with Crippen LogP contribution in [0.1, 0.15) is 5.69 Å². The van der Waals surface area contributed by atoms with Crippen LogP contribution in [0.25, 0.3) is 0 Å². The smallest absolute Gasteiger partial charge is 0.185 e. The number of nitrogens with zero attached hydrogens (tertiary/aromatic N) is 1. The molecule has 0 bridgehead atoms. The first-order valence-corrected chi connectivity index (χ1v) is 3.82. The highest BCUT2D eigenvalue weighted by Gasteiger charge is 2.03. The fraction of sp³-hybridized carbons (Fsp3) is 0.250. The van der Waals surface area contributed by atoms with E-state index in [2.05, 4.69) is 4.98 Å². The molecule has 0 fully saturated rings. The molecule has 0 aliphatic rings. The van der Waals surface area contributed by atoms with Crippen LogP contribution >= 0.6 is 46.9 Å². The van der Waals surface area contributed by atoms with Gasteiger partial charge in [0.1, 0.15) is 4.34 Å². The summed E-state index contributed by atoms with van der Waals surface area (Å²) < 4.78 is 1.03. The van der Waals surface area contributed by atoms with Crippen LogP contribution in [0.15, 0.2) is 0 Å². The molecule has 10 heavy (non-hydrogen) atoms. The first-order valence-electron chi connectivity index (χ1n) is 2.25. The summed E-state index contributed by atoms with van der Waals surface area (Å²) in [6.45, 7) is 0.349. The van der Waals surface area contributed by atoms with Crippen LogP contribution in [0.2, 0.25) is 8.80 Å². The maximum atomic E-state index is 5.64. The lowest BCUT2D eigenvalue weighted by atomic mass is 10.5. The van der Waals surface area contributed by atoms with Crippen molar-refractivity contribution < 1.29 is 0 Å². The molecule has 0 aliphatic carbocycles. The normalized spacial score (nSPS) is 9.10. The lowest BCUT2D eigenvalue weighted by Gasteiger charge is -1.84.